The van der Waals surface area contributed by atoms with E-state index in [9.17, 15) is 4.39 Å². The van der Waals surface area contributed by atoms with Crippen molar-refractivity contribution in [1.29, 1.82) is 0 Å². The summed E-state index contributed by atoms with van der Waals surface area (Å²) in [5, 5.41) is 6.46. The van der Waals surface area contributed by atoms with Crippen LogP contribution in [0.2, 0.25) is 0 Å². The number of rotatable bonds is 6. The first-order valence-corrected chi connectivity index (χ1v) is 7.39. The first-order chi connectivity index (χ1) is 11.2. The van der Waals surface area contributed by atoms with E-state index >= 15 is 0 Å². The maximum atomic E-state index is 12.8. The summed E-state index contributed by atoms with van der Waals surface area (Å²) in [6.07, 6.45) is 2.50. The Kier molecular flexibility index (Phi) is 6.35. The molecule has 0 amide bonds. The number of halogens is 1. The van der Waals surface area contributed by atoms with Crippen molar-refractivity contribution in [3.63, 3.8) is 0 Å². The molecule has 0 bridgehead atoms. The Balaban J connectivity index is 1.78. The lowest BCUT2D eigenvalue weighted by molar-refractivity contribution is 0.397. The van der Waals surface area contributed by atoms with E-state index in [4.69, 9.17) is 4.74 Å². The lowest BCUT2D eigenvalue weighted by atomic mass is 10.1. The molecule has 6 heteroatoms. The topological polar surface area (TPSA) is 58.5 Å². The van der Waals surface area contributed by atoms with Gasteiger partial charge in [-0.25, -0.2) is 9.37 Å². The Morgan fingerprint density at radius 2 is 1.96 bits per heavy atom. The number of nitrogens with zero attached hydrogens (tertiary/aromatic N) is 2. The average molecular weight is 316 g/mol. The van der Waals surface area contributed by atoms with Gasteiger partial charge in [0.15, 0.2) is 5.96 Å². The molecule has 0 fully saturated rings. The van der Waals surface area contributed by atoms with E-state index in [1.807, 2.05) is 12.1 Å². The van der Waals surface area contributed by atoms with Gasteiger partial charge in [0.25, 0.3) is 0 Å². The molecule has 0 aliphatic heterocycles. The molecule has 0 spiro atoms. The number of aromatic nitrogens is 1. The van der Waals surface area contributed by atoms with Gasteiger partial charge in [0, 0.05) is 32.4 Å². The van der Waals surface area contributed by atoms with Gasteiger partial charge in [0.05, 0.1) is 7.11 Å². The van der Waals surface area contributed by atoms with Gasteiger partial charge in [-0.2, -0.15) is 0 Å². The predicted molar refractivity (Wildman–Crippen MR) is 89.1 cm³/mol. The van der Waals surface area contributed by atoms with Crippen LogP contribution in [-0.4, -0.2) is 31.6 Å². The number of aliphatic imine (C=N–C) groups is 1. The van der Waals surface area contributed by atoms with Crippen LogP contribution in [0.25, 0.3) is 0 Å². The van der Waals surface area contributed by atoms with E-state index in [1.165, 1.54) is 12.1 Å². The van der Waals surface area contributed by atoms with Crippen molar-refractivity contribution < 1.29 is 9.13 Å². The van der Waals surface area contributed by atoms with Crippen LogP contribution in [0, 0.1) is 5.82 Å². The standard InChI is InChI=1S/C17H21FN4O/c1-19-17(21-10-7-13-3-5-15(18)6-4-13)22-12-14-8-9-20-16(11-14)23-2/h3-6,8-9,11H,7,10,12H2,1-2H3,(H2,19,21,22). The number of benzene rings is 1. The summed E-state index contributed by atoms with van der Waals surface area (Å²) in [5.41, 5.74) is 2.13. The van der Waals surface area contributed by atoms with Crippen LogP contribution in [0.5, 0.6) is 5.88 Å². The summed E-state index contributed by atoms with van der Waals surface area (Å²) in [6.45, 7) is 1.33. The maximum Gasteiger partial charge on any atom is 0.213 e. The molecular weight excluding hydrogens is 295 g/mol. The van der Waals surface area contributed by atoms with Crippen LogP contribution in [0.4, 0.5) is 4.39 Å². The Labute approximate surface area is 135 Å². The van der Waals surface area contributed by atoms with Gasteiger partial charge in [-0.3, -0.25) is 4.99 Å². The van der Waals surface area contributed by atoms with Gasteiger partial charge >= 0.3 is 0 Å². The number of ether oxygens (including phenoxy) is 1. The molecule has 23 heavy (non-hydrogen) atoms. The highest BCUT2D eigenvalue weighted by atomic mass is 19.1. The number of nitrogens with one attached hydrogen (secondary N) is 2. The van der Waals surface area contributed by atoms with Gasteiger partial charge in [-0.1, -0.05) is 12.1 Å². The summed E-state index contributed by atoms with van der Waals surface area (Å²) in [4.78, 5) is 8.25. The molecule has 2 N–H and O–H groups in total. The van der Waals surface area contributed by atoms with Crippen LogP contribution in [0.1, 0.15) is 11.1 Å². The lowest BCUT2D eigenvalue weighted by Gasteiger charge is -2.12. The third kappa shape index (κ3) is 5.58. The van der Waals surface area contributed by atoms with Gasteiger partial charge < -0.3 is 15.4 Å². The van der Waals surface area contributed by atoms with E-state index in [2.05, 4.69) is 20.6 Å². The van der Waals surface area contributed by atoms with Crippen LogP contribution in [0.3, 0.4) is 0 Å². The molecule has 1 heterocycles. The third-order valence-corrected chi connectivity index (χ3v) is 3.31. The predicted octanol–water partition coefficient (Wildman–Crippen LogP) is 2.14. The lowest BCUT2D eigenvalue weighted by Crippen LogP contribution is -2.37. The van der Waals surface area contributed by atoms with E-state index in [0.29, 0.717) is 24.9 Å². The first-order valence-electron chi connectivity index (χ1n) is 7.39. The van der Waals surface area contributed by atoms with Gasteiger partial charge in [-0.15, -0.1) is 0 Å². The van der Waals surface area contributed by atoms with Crippen LogP contribution >= 0.6 is 0 Å². The molecule has 0 radical (unpaired) electrons. The van der Waals surface area contributed by atoms with Gasteiger partial charge in [-0.05, 0) is 35.7 Å². The fraction of sp³-hybridized carbons (Fsp3) is 0.294. The van der Waals surface area contributed by atoms with Crippen molar-refractivity contribution in [2.75, 3.05) is 20.7 Å². The number of guanidine groups is 1. The van der Waals surface area contributed by atoms with Crippen LogP contribution in [0.15, 0.2) is 47.6 Å². The number of hydrogen-bond acceptors (Lipinski definition) is 3. The minimum absolute atomic E-state index is 0.216. The minimum Gasteiger partial charge on any atom is -0.481 e. The maximum absolute atomic E-state index is 12.8. The molecule has 2 rings (SSSR count). The highest BCUT2D eigenvalue weighted by molar-refractivity contribution is 5.79. The van der Waals surface area contributed by atoms with Gasteiger partial charge in [0.1, 0.15) is 5.82 Å². The molecule has 1 aromatic heterocycles. The van der Waals surface area contributed by atoms with Crippen molar-refractivity contribution >= 4 is 5.96 Å². The SMILES string of the molecule is CN=C(NCCc1ccc(F)cc1)NCc1ccnc(OC)c1. The quantitative estimate of drug-likeness (QED) is 0.633. The van der Waals surface area contributed by atoms with Crippen molar-refractivity contribution in [2.45, 2.75) is 13.0 Å². The summed E-state index contributed by atoms with van der Waals surface area (Å²) in [5.74, 6) is 1.08. The Morgan fingerprint density at radius 1 is 1.17 bits per heavy atom. The zero-order valence-corrected chi connectivity index (χ0v) is 13.3. The monoisotopic (exact) mass is 316 g/mol. The second kappa shape index (κ2) is 8.73. The largest absolute Gasteiger partial charge is 0.481 e. The van der Waals surface area contributed by atoms with E-state index < -0.39 is 0 Å². The molecule has 0 unspecified atom stereocenters. The summed E-state index contributed by atoms with van der Waals surface area (Å²) in [7, 11) is 3.32. The molecule has 0 aliphatic carbocycles. The van der Waals surface area contributed by atoms with Crippen LogP contribution < -0.4 is 15.4 Å². The highest BCUT2D eigenvalue weighted by Gasteiger charge is 2.01. The zero-order valence-electron chi connectivity index (χ0n) is 13.3. The number of hydrogen-bond donors (Lipinski definition) is 2. The summed E-state index contributed by atoms with van der Waals surface area (Å²) >= 11 is 0. The third-order valence-electron chi connectivity index (χ3n) is 3.31. The minimum atomic E-state index is -0.216. The summed E-state index contributed by atoms with van der Waals surface area (Å²) < 4.78 is 17.9. The fourth-order valence-corrected chi connectivity index (χ4v) is 2.05. The fourth-order valence-electron chi connectivity index (χ4n) is 2.05. The normalized spacial score (nSPS) is 11.2. The molecule has 1 aromatic carbocycles. The molecule has 0 saturated carbocycles. The van der Waals surface area contributed by atoms with Crippen molar-refractivity contribution in [1.82, 2.24) is 15.6 Å². The molecule has 2 aromatic rings. The Morgan fingerprint density at radius 3 is 2.65 bits per heavy atom. The van der Waals surface area contributed by atoms with Gasteiger partial charge in [0.2, 0.25) is 5.88 Å². The Hall–Kier alpha value is -2.63. The van der Waals surface area contributed by atoms with E-state index in [1.54, 1.807) is 32.5 Å². The second-order valence-corrected chi connectivity index (χ2v) is 4.94. The highest BCUT2D eigenvalue weighted by Crippen LogP contribution is 2.08. The number of methoxy groups -OCH3 is 1. The Bertz CT molecular complexity index is 643. The molecular formula is C17H21FN4O. The molecule has 0 saturated heterocycles. The van der Waals surface area contributed by atoms with E-state index in [0.717, 1.165) is 17.5 Å². The molecule has 5 nitrogen and oxygen atoms in total. The molecule has 0 atom stereocenters. The molecule has 0 aliphatic rings. The second-order valence-electron chi connectivity index (χ2n) is 4.94. The zero-order chi connectivity index (χ0) is 16.5. The summed E-state index contributed by atoms with van der Waals surface area (Å²) in [6, 6.07) is 10.3. The van der Waals surface area contributed by atoms with Crippen molar-refractivity contribution in [3.8, 4) is 5.88 Å². The smallest absolute Gasteiger partial charge is 0.213 e. The molecule has 122 valence electrons. The van der Waals surface area contributed by atoms with E-state index in [-0.39, 0.29) is 5.82 Å². The van der Waals surface area contributed by atoms with Crippen LogP contribution in [-0.2, 0) is 13.0 Å². The average Bonchev–Trinajstić information content (AvgIpc) is 2.59. The number of pyridine rings is 1. The first kappa shape index (κ1) is 16.7. The van der Waals surface area contributed by atoms with Crippen molar-refractivity contribution in [2.24, 2.45) is 4.99 Å². The van der Waals surface area contributed by atoms with Crippen molar-refractivity contribution in [3.05, 3.63) is 59.5 Å².